The zero-order valence-electron chi connectivity index (χ0n) is 13.5. The fourth-order valence-corrected chi connectivity index (χ4v) is 2.39. The second kappa shape index (κ2) is 12.0. The molecular weight excluding hydrogens is 220 g/mol. The van der Waals surface area contributed by atoms with E-state index < -0.39 is 0 Å². The lowest BCUT2D eigenvalue weighted by atomic mass is 10.1. The van der Waals surface area contributed by atoms with Crippen LogP contribution in [0.3, 0.4) is 0 Å². The average Bonchev–Trinajstić information content (AvgIpc) is 2.37. The number of nitrogens with zero attached hydrogens (tertiary/aromatic N) is 1. The van der Waals surface area contributed by atoms with Crippen molar-refractivity contribution in [3.8, 4) is 0 Å². The van der Waals surface area contributed by atoms with Gasteiger partial charge in [0.2, 0.25) is 0 Å². The van der Waals surface area contributed by atoms with E-state index in [2.05, 4.69) is 44.8 Å². The summed E-state index contributed by atoms with van der Waals surface area (Å²) in [5.41, 5.74) is 0. The van der Waals surface area contributed by atoms with Gasteiger partial charge < -0.3 is 10.2 Å². The van der Waals surface area contributed by atoms with Crippen LogP contribution in [-0.2, 0) is 0 Å². The van der Waals surface area contributed by atoms with Crippen molar-refractivity contribution in [3.63, 3.8) is 0 Å². The van der Waals surface area contributed by atoms with E-state index in [1.54, 1.807) is 0 Å². The SMILES string of the molecule is CCCCN(CCCCC(C)NCC)C(C)CC. The third-order valence-electron chi connectivity index (χ3n) is 3.90. The van der Waals surface area contributed by atoms with Crippen molar-refractivity contribution in [2.75, 3.05) is 19.6 Å². The lowest BCUT2D eigenvalue weighted by Crippen LogP contribution is -2.34. The van der Waals surface area contributed by atoms with Gasteiger partial charge in [-0.3, -0.25) is 0 Å². The Kier molecular flexibility index (Phi) is 11.9. The first kappa shape index (κ1) is 17.9. The molecule has 0 aromatic heterocycles. The number of hydrogen-bond acceptors (Lipinski definition) is 2. The van der Waals surface area contributed by atoms with E-state index in [0.717, 1.165) is 12.6 Å². The van der Waals surface area contributed by atoms with Gasteiger partial charge in [0.1, 0.15) is 0 Å². The Morgan fingerprint density at radius 1 is 0.944 bits per heavy atom. The van der Waals surface area contributed by atoms with Crippen LogP contribution in [0, 0.1) is 0 Å². The molecule has 0 aliphatic carbocycles. The highest BCUT2D eigenvalue weighted by atomic mass is 15.1. The zero-order valence-corrected chi connectivity index (χ0v) is 13.5. The minimum Gasteiger partial charge on any atom is -0.315 e. The minimum absolute atomic E-state index is 0.683. The van der Waals surface area contributed by atoms with Gasteiger partial charge in [0.25, 0.3) is 0 Å². The summed E-state index contributed by atoms with van der Waals surface area (Å²) in [7, 11) is 0. The molecule has 0 fully saturated rings. The highest BCUT2D eigenvalue weighted by Gasteiger charge is 2.11. The molecule has 110 valence electrons. The molecule has 0 aliphatic rings. The van der Waals surface area contributed by atoms with Crippen molar-refractivity contribution in [1.82, 2.24) is 10.2 Å². The van der Waals surface area contributed by atoms with Crippen LogP contribution in [0.5, 0.6) is 0 Å². The van der Waals surface area contributed by atoms with E-state index in [9.17, 15) is 0 Å². The molecule has 0 aliphatic heterocycles. The maximum absolute atomic E-state index is 3.49. The Morgan fingerprint density at radius 2 is 1.61 bits per heavy atom. The third-order valence-corrected chi connectivity index (χ3v) is 3.90. The van der Waals surface area contributed by atoms with Gasteiger partial charge in [-0.15, -0.1) is 0 Å². The van der Waals surface area contributed by atoms with Crippen LogP contribution < -0.4 is 5.32 Å². The van der Waals surface area contributed by atoms with Crippen molar-refractivity contribution in [1.29, 1.82) is 0 Å². The van der Waals surface area contributed by atoms with E-state index in [1.807, 2.05) is 0 Å². The van der Waals surface area contributed by atoms with Gasteiger partial charge in [0.15, 0.2) is 0 Å². The molecule has 0 radical (unpaired) electrons. The molecule has 0 spiro atoms. The van der Waals surface area contributed by atoms with Gasteiger partial charge in [-0.1, -0.05) is 33.6 Å². The van der Waals surface area contributed by atoms with Gasteiger partial charge >= 0.3 is 0 Å². The second-order valence-corrected chi connectivity index (χ2v) is 5.60. The fraction of sp³-hybridized carbons (Fsp3) is 1.00. The molecule has 2 atom stereocenters. The monoisotopic (exact) mass is 256 g/mol. The highest BCUT2D eigenvalue weighted by Crippen LogP contribution is 2.09. The summed E-state index contributed by atoms with van der Waals surface area (Å²) in [4.78, 5) is 2.68. The number of hydrogen-bond donors (Lipinski definition) is 1. The summed E-state index contributed by atoms with van der Waals surface area (Å²) in [5, 5.41) is 3.49. The number of nitrogens with one attached hydrogen (secondary N) is 1. The minimum atomic E-state index is 0.683. The predicted octanol–water partition coefficient (Wildman–Crippen LogP) is 4.06. The first-order valence-corrected chi connectivity index (χ1v) is 8.13. The van der Waals surface area contributed by atoms with E-state index in [4.69, 9.17) is 0 Å². The second-order valence-electron chi connectivity index (χ2n) is 5.60. The summed E-state index contributed by atoms with van der Waals surface area (Å²) in [5.74, 6) is 0. The van der Waals surface area contributed by atoms with Gasteiger partial charge in [-0.25, -0.2) is 0 Å². The first-order valence-electron chi connectivity index (χ1n) is 8.13. The zero-order chi connectivity index (χ0) is 13.8. The smallest absolute Gasteiger partial charge is 0.00643 e. The normalized spacial score (nSPS) is 15.0. The van der Waals surface area contributed by atoms with Crippen LogP contribution in [0.2, 0.25) is 0 Å². The topological polar surface area (TPSA) is 15.3 Å². The van der Waals surface area contributed by atoms with Gasteiger partial charge in [0.05, 0.1) is 0 Å². The highest BCUT2D eigenvalue weighted by molar-refractivity contribution is 4.67. The Bertz CT molecular complexity index is 170. The van der Waals surface area contributed by atoms with Gasteiger partial charge in [0, 0.05) is 12.1 Å². The number of rotatable bonds is 12. The molecule has 0 amide bonds. The Labute approximate surface area is 116 Å². The summed E-state index contributed by atoms with van der Waals surface area (Å²) >= 11 is 0. The lowest BCUT2D eigenvalue weighted by Gasteiger charge is -2.28. The summed E-state index contributed by atoms with van der Waals surface area (Å²) in [6, 6.07) is 1.44. The molecule has 0 aromatic rings. The van der Waals surface area contributed by atoms with Crippen LogP contribution in [0.4, 0.5) is 0 Å². The van der Waals surface area contributed by atoms with Crippen molar-refractivity contribution in [3.05, 3.63) is 0 Å². The van der Waals surface area contributed by atoms with Crippen LogP contribution >= 0.6 is 0 Å². The van der Waals surface area contributed by atoms with Crippen molar-refractivity contribution in [2.45, 2.75) is 85.2 Å². The van der Waals surface area contributed by atoms with Crippen LogP contribution in [0.15, 0.2) is 0 Å². The molecule has 0 heterocycles. The van der Waals surface area contributed by atoms with E-state index in [-0.39, 0.29) is 0 Å². The molecule has 0 saturated heterocycles. The van der Waals surface area contributed by atoms with Crippen molar-refractivity contribution < 1.29 is 0 Å². The molecule has 0 bridgehead atoms. The van der Waals surface area contributed by atoms with Gasteiger partial charge in [-0.2, -0.15) is 0 Å². The molecule has 0 saturated carbocycles. The molecule has 18 heavy (non-hydrogen) atoms. The Morgan fingerprint density at radius 3 is 2.17 bits per heavy atom. The van der Waals surface area contributed by atoms with Crippen LogP contribution in [-0.4, -0.2) is 36.6 Å². The van der Waals surface area contributed by atoms with Crippen molar-refractivity contribution >= 4 is 0 Å². The largest absolute Gasteiger partial charge is 0.315 e. The van der Waals surface area contributed by atoms with E-state index in [1.165, 1.54) is 51.6 Å². The summed E-state index contributed by atoms with van der Waals surface area (Å²) in [6.07, 6.45) is 7.95. The Hall–Kier alpha value is -0.0800. The predicted molar refractivity (Wildman–Crippen MR) is 83.2 cm³/mol. The third kappa shape index (κ3) is 8.93. The molecule has 0 aromatic carbocycles. The summed E-state index contributed by atoms with van der Waals surface area (Å²) in [6.45, 7) is 15.1. The quantitative estimate of drug-likeness (QED) is 0.530. The maximum atomic E-state index is 3.49. The number of unbranched alkanes of at least 4 members (excludes halogenated alkanes) is 2. The van der Waals surface area contributed by atoms with Gasteiger partial charge in [-0.05, 0) is 59.2 Å². The lowest BCUT2D eigenvalue weighted by molar-refractivity contribution is 0.196. The van der Waals surface area contributed by atoms with E-state index >= 15 is 0 Å². The van der Waals surface area contributed by atoms with E-state index in [0.29, 0.717) is 6.04 Å². The van der Waals surface area contributed by atoms with Crippen molar-refractivity contribution in [2.24, 2.45) is 0 Å². The molecule has 0 rings (SSSR count). The standard InChI is InChI=1S/C16H36N2/c1-6-9-13-18(16(5)7-2)14-11-10-12-15(4)17-8-3/h15-17H,6-14H2,1-5H3. The Balaban J connectivity index is 3.74. The van der Waals surface area contributed by atoms with Crippen LogP contribution in [0.1, 0.15) is 73.1 Å². The molecule has 2 nitrogen and oxygen atoms in total. The maximum Gasteiger partial charge on any atom is 0.00643 e. The fourth-order valence-electron chi connectivity index (χ4n) is 2.39. The molecule has 2 heteroatoms. The molecular formula is C16H36N2. The molecule has 1 N–H and O–H groups in total. The first-order chi connectivity index (χ1) is 8.65. The average molecular weight is 256 g/mol. The summed E-state index contributed by atoms with van der Waals surface area (Å²) < 4.78 is 0. The molecule has 2 unspecified atom stereocenters. The van der Waals surface area contributed by atoms with Crippen LogP contribution in [0.25, 0.3) is 0 Å².